The van der Waals surface area contributed by atoms with Crippen LogP contribution >= 0.6 is 0 Å². The van der Waals surface area contributed by atoms with Gasteiger partial charge in [0.2, 0.25) is 0 Å². The summed E-state index contributed by atoms with van der Waals surface area (Å²) in [5, 5.41) is 29.3. The van der Waals surface area contributed by atoms with E-state index in [-0.39, 0.29) is 18.8 Å². The van der Waals surface area contributed by atoms with Crippen molar-refractivity contribution in [3.05, 3.63) is 0 Å². The largest absolute Gasteiger partial charge is 0.387 e. The molecular weight excluding hydrogens is 240 g/mol. The maximum atomic E-state index is 9.80. The predicted molar refractivity (Wildman–Crippen MR) is 64.0 cm³/mol. The fourth-order valence-corrected chi connectivity index (χ4v) is 1.72. The molecule has 0 saturated carbocycles. The Balaban J connectivity index is 2.62. The summed E-state index contributed by atoms with van der Waals surface area (Å²) < 4.78 is 16.2. The lowest BCUT2D eigenvalue weighted by Crippen LogP contribution is -2.59. The molecular formula is C12H24O6. The van der Waals surface area contributed by atoms with Crippen molar-refractivity contribution in [1.82, 2.24) is 0 Å². The Bertz CT molecular complexity index is 243. The van der Waals surface area contributed by atoms with Crippen molar-refractivity contribution < 1.29 is 29.5 Å². The number of hydrogen-bond donors (Lipinski definition) is 3. The standard InChI is InChI=1S/C12H24O6/c1-6(2)16-5-8-9(13)10(14)11(15)12(18-8)17-7(3)4/h6-15H,5H2,1-4H3/t8?,9-,10?,11?,12+/m1/s1. The predicted octanol–water partition coefficient (Wildman–Crippen LogP) is -0.356. The minimum absolute atomic E-state index is 0.00531. The average Bonchev–Trinajstić information content (AvgIpc) is 2.27. The van der Waals surface area contributed by atoms with Crippen molar-refractivity contribution in [3.8, 4) is 0 Å². The third kappa shape index (κ3) is 4.15. The highest BCUT2D eigenvalue weighted by atomic mass is 16.7. The molecule has 0 bridgehead atoms. The van der Waals surface area contributed by atoms with Crippen LogP contribution in [-0.4, -0.2) is 64.8 Å². The van der Waals surface area contributed by atoms with Crippen molar-refractivity contribution in [1.29, 1.82) is 0 Å². The van der Waals surface area contributed by atoms with Crippen LogP contribution in [0, 0.1) is 0 Å². The van der Waals surface area contributed by atoms with E-state index in [4.69, 9.17) is 14.2 Å². The number of hydrogen-bond acceptors (Lipinski definition) is 6. The summed E-state index contributed by atoms with van der Waals surface area (Å²) in [6, 6.07) is 0. The maximum Gasteiger partial charge on any atom is 0.186 e. The van der Waals surface area contributed by atoms with Gasteiger partial charge in [-0.15, -0.1) is 0 Å². The van der Waals surface area contributed by atoms with Gasteiger partial charge in [0.05, 0.1) is 18.8 Å². The lowest BCUT2D eigenvalue weighted by atomic mass is 9.99. The Hall–Kier alpha value is -0.240. The second-order valence-corrected chi connectivity index (χ2v) is 5.08. The average molecular weight is 264 g/mol. The molecule has 1 rings (SSSR count). The summed E-state index contributed by atoms with van der Waals surface area (Å²) in [6.45, 7) is 7.46. The van der Waals surface area contributed by atoms with Crippen LogP contribution in [0.4, 0.5) is 0 Å². The van der Waals surface area contributed by atoms with E-state index < -0.39 is 30.7 Å². The van der Waals surface area contributed by atoms with E-state index in [0.717, 1.165) is 0 Å². The highest BCUT2D eigenvalue weighted by Gasteiger charge is 2.44. The molecule has 0 spiro atoms. The summed E-state index contributed by atoms with van der Waals surface area (Å²) in [5.41, 5.74) is 0. The number of ether oxygens (including phenoxy) is 3. The summed E-state index contributed by atoms with van der Waals surface area (Å²) in [5.74, 6) is 0. The summed E-state index contributed by atoms with van der Waals surface area (Å²) in [4.78, 5) is 0. The highest BCUT2D eigenvalue weighted by Crippen LogP contribution is 2.23. The Morgan fingerprint density at radius 1 is 0.944 bits per heavy atom. The van der Waals surface area contributed by atoms with Crippen molar-refractivity contribution >= 4 is 0 Å². The molecule has 1 aliphatic heterocycles. The smallest absolute Gasteiger partial charge is 0.186 e. The molecule has 0 aromatic heterocycles. The molecule has 0 radical (unpaired) electrons. The van der Waals surface area contributed by atoms with Crippen LogP contribution in [0.25, 0.3) is 0 Å². The van der Waals surface area contributed by atoms with Crippen LogP contribution in [-0.2, 0) is 14.2 Å². The van der Waals surface area contributed by atoms with Gasteiger partial charge in [0.25, 0.3) is 0 Å². The Labute approximate surface area is 107 Å². The molecule has 1 heterocycles. The van der Waals surface area contributed by atoms with E-state index in [1.165, 1.54) is 0 Å². The van der Waals surface area contributed by atoms with Crippen LogP contribution in [0.1, 0.15) is 27.7 Å². The van der Waals surface area contributed by atoms with E-state index >= 15 is 0 Å². The van der Waals surface area contributed by atoms with Gasteiger partial charge in [-0.05, 0) is 27.7 Å². The van der Waals surface area contributed by atoms with Crippen LogP contribution in [0.3, 0.4) is 0 Å². The summed E-state index contributed by atoms with van der Waals surface area (Å²) in [6.07, 6.45) is -5.58. The molecule has 0 amide bonds. The van der Waals surface area contributed by atoms with Gasteiger partial charge in [-0.2, -0.15) is 0 Å². The monoisotopic (exact) mass is 264 g/mol. The van der Waals surface area contributed by atoms with Crippen LogP contribution in [0.2, 0.25) is 0 Å². The molecule has 1 saturated heterocycles. The first-order valence-corrected chi connectivity index (χ1v) is 6.29. The fourth-order valence-electron chi connectivity index (χ4n) is 1.72. The number of aliphatic hydroxyl groups excluding tert-OH is 3. The summed E-state index contributed by atoms with van der Waals surface area (Å²) >= 11 is 0. The minimum atomic E-state index is -1.30. The molecule has 6 heteroatoms. The van der Waals surface area contributed by atoms with Gasteiger partial charge in [-0.25, -0.2) is 0 Å². The van der Waals surface area contributed by atoms with Gasteiger partial charge >= 0.3 is 0 Å². The quantitative estimate of drug-likeness (QED) is 0.629. The lowest BCUT2D eigenvalue weighted by molar-refractivity contribution is -0.311. The van der Waals surface area contributed by atoms with Gasteiger partial charge in [0.1, 0.15) is 24.4 Å². The SMILES string of the molecule is CC(C)OCC1O[C@H](OC(C)C)C(O)C(O)[C@@H]1O. The van der Waals surface area contributed by atoms with Crippen molar-refractivity contribution in [2.45, 2.75) is 70.6 Å². The van der Waals surface area contributed by atoms with Gasteiger partial charge in [-0.1, -0.05) is 0 Å². The Morgan fingerprint density at radius 2 is 1.56 bits per heavy atom. The first-order valence-electron chi connectivity index (χ1n) is 6.29. The van der Waals surface area contributed by atoms with Crippen molar-refractivity contribution in [2.75, 3.05) is 6.61 Å². The summed E-state index contributed by atoms with van der Waals surface area (Å²) in [7, 11) is 0. The highest BCUT2D eigenvalue weighted by molar-refractivity contribution is 4.89. The zero-order valence-electron chi connectivity index (χ0n) is 11.3. The molecule has 108 valence electrons. The van der Waals surface area contributed by atoms with Crippen molar-refractivity contribution in [3.63, 3.8) is 0 Å². The first kappa shape index (κ1) is 15.8. The van der Waals surface area contributed by atoms with E-state index in [1.807, 2.05) is 13.8 Å². The fraction of sp³-hybridized carbons (Fsp3) is 1.00. The zero-order valence-corrected chi connectivity index (χ0v) is 11.3. The van der Waals surface area contributed by atoms with Gasteiger partial charge < -0.3 is 29.5 Å². The van der Waals surface area contributed by atoms with Gasteiger partial charge in [0, 0.05) is 0 Å². The zero-order chi connectivity index (χ0) is 13.9. The first-order chi connectivity index (χ1) is 8.32. The van der Waals surface area contributed by atoms with E-state index in [1.54, 1.807) is 13.8 Å². The second kappa shape index (κ2) is 6.79. The van der Waals surface area contributed by atoms with E-state index in [9.17, 15) is 15.3 Å². The maximum absolute atomic E-state index is 9.80. The molecule has 0 aromatic rings. The van der Waals surface area contributed by atoms with Crippen LogP contribution in [0.5, 0.6) is 0 Å². The van der Waals surface area contributed by atoms with E-state index in [2.05, 4.69) is 0 Å². The third-order valence-corrected chi connectivity index (χ3v) is 2.67. The van der Waals surface area contributed by atoms with Crippen molar-refractivity contribution in [2.24, 2.45) is 0 Å². The minimum Gasteiger partial charge on any atom is -0.387 e. The topological polar surface area (TPSA) is 88.4 Å². The third-order valence-electron chi connectivity index (χ3n) is 2.67. The Kier molecular flexibility index (Phi) is 5.97. The molecule has 1 fully saturated rings. The number of aliphatic hydroxyl groups is 3. The molecule has 18 heavy (non-hydrogen) atoms. The normalized spacial score (nSPS) is 37.5. The second-order valence-electron chi connectivity index (χ2n) is 5.08. The Morgan fingerprint density at radius 3 is 2.06 bits per heavy atom. The van der Waals surface area contributed by atoms with E-state index in [0.29, 0.717) is 0 Å². The van der Waals surface area contributed by atoms with Crippen LogP contribution in [0.15, 0.2) is 0 Å². The lowest BCUT2D eigenvalue weighted by Gasteiger charge is -2.40. The van der Waals surface area contributed by atoms with Crippen LogP contribution < -0.4 is 0 Å². The molecule has 1 aliphatic rings. The van der Waals surface area contributed by atoms with Gasteiger partial charge in [-0.3, -0.25) is 0 Å². The molecule has 5 atom stereocenters. The molecule has 0 aromatic carbocycles. The molecule has 3 N–H and O–H groups in total. The number of rotatable bonds is 5. The molecule has 6 nitrogen and oxygen atoms in total. The molecule has 3 unspecified atom stereocenters. The van der Waals surface area contributed by atoms with Gasteiger partial charge in [0.15, 0.2) is 6.29 Å². The molecule has 0 aliphatic carbocycles.